The third-order valence-electron chi connectivity index (χ3n) is 3.82. The van der Waals surface area contributed by atoms with Gasteiger partial charge in [-0.2, -0.15) is 5.26 Å². The van der Waals surface area contributed by atoms with Crippen molar-refractivity contribution in [2.24, 2.45) is 5.92 Å². The summed E-state index contributed by atoms with van der Waals surface area (Å²) in [6.07, 6.45) is 4.20. The van der Waals surface area contributed by atoms with Gasteiger partial charge in [0.1, 0.15) is 11.7 Å². The Balaban J connectivity index is 2.21. The molecule has 0 radical (unpaired) electrons. The molecule has 1 aliphatic rings. The van der Waals surface area contributed by atoms with Gasteiger partial charge in [-0.25, -0.2) is 9.97 Å². The third kappa shape index (κ3) is 3.30. The van der Waals surface area contributed by atoms with Gasteiger partial charge in [0.15, 0.2) is 0 Å². The lowest BCUT2D eigenvalue weighted by atomic mass is 9.93. The van der Waals surface area contributed by atoms with Crippen molar-refractivity contribution < 1.29 is 0 Å². The maximum absolute atomic E-state index is 9.25. The highest BCUT2D eigenvalue weighted by Crippen LogP contribution is 2.26. The van der Waals surface area contributed by atoms with Gasteiger partial charge in [-0.15, -0.1) is 0 Å². The first kappa shape index (κ1) is 14.0. The molecule has 19 heavy (non-hydrogen) atoms. The maximum atomic E-state index is 9.25. The molecule has 0 N–H and O–H groups in total. The number of hydrogen-bond donors (Lipinski definition) is 0. The van der Waals surface area contributed by atoms with Crippen molar-refractivity contribution in [2.45, 2.75) is 38.5 Å². The van der Waals surface area contributed by atoms with Crippen LogP contribution in [0.4, 0.5) is 0 Å². The van der Waals surface area contributed by atoms with Crippen LogP contribution in [-0.4, -0.2) is 35.0 Å². The fraction of sp³-hybridized carbons (Fsp3) is 0.667. The zero-order valence-electron chi connectivity index (χ0n) is 12.0. The average Bonchev–Trinajstić information content (AvgIpc) is 2.39. The minimum Gasteiger partial charge on any atom is -0.306 e. The SMILES string of the molecule is CC(C)C(C#N)c1nccc(C2CCCN(C)C2)n1. The van der Waals surface area contributed by atoms with Crippen LogP contribution in [0.25, 0.3) is 0 Å². The lowest BCUT2D eigenvalue weighted by Gasteiger charge is -2.29. The standard InChI is InChI=1S/C15H22N4/c1-11(2)13(9-16)15-17-7-6-14(18-15)12-5-4-8-19(3)10-12/h6-7,11-13H,4-5,8,10H2,1-3H3. The van der Waals surface area contributed by atoms with Gasteiger partial charge in [0.05, 0.1) is 6.07 Å². The van der Waals surface area contributed by atoms with E-state index in [0.29, 0.717) is 11.7 Å². The highest BCUT2D eigenvalue weighted by Gasteiger charge is 2.23. The van der Waals surface area contributed by atoms with Gasteiger partial charge < -0.3 is 4.90 Å². The van der Waals surface area contributed by atoms with E-state index in [1.165, 1.54) is 19.4 Å². The summed E-state index contributed by atoms with van der Waals surface area (Å²) >= 11 is 0. The number of likely N-dealkylation sites (N-methyl/N-ethyl adjacent to an activating group) is 1. The molecule has 0 aromatic carbocycles. The Morgan fingerprint density at radius 3 is 2.89 bits per heavy atom. The molecule has 1 fully saturated rings. The highest BCUT2D eigenvalue weighted by atomic mass is 15.1. The smallest absolute Gasteiger partial charge is 0.145 e. The normalized spacial score (nSPS) is 22.2. The van der Waals surface area contributed by atoms with E-state index in [4.69, 9.17) is 0 Å². The molecule has 0 bridgehead atoms. The molecular formula is C15H22N4. The van der Waals surface area contributed by atoms with E-state index in [1.54, 1.807) is 6.20 Å². The fourth-order valence-electron chi connectivity index (χ4n) is 2.68. The number of hydrogen-bond acceptors (Lipinski definition) is 4. The number of nitriles is 1. The molecule has 2 rings (SSSR count). The van der Waals surface area contributed by atoms with Crippen LogP contribution in [0.3, 0.4) is 0 Å². The van der Waals surface area contributed by atoms with Crippen LogP contribution in [0.1, 0.15) is 50.0 Å². The topological polar surface area (TPSA) is 52.8 Å². The van der Waals surface area contributed by atoms with Crippen LogP contribution in [0.2, 0.25) is 0 Å². The Kier molecular flexibility index (Phi) is 4.49. The number of likely N-dealkylation sites (tertiary alicyclic amines) is 1. The van der Waals surface area contributed by atoms with E-state index in [-0.39, 0.29) is 11.8 Å². The molecule has 0 amide bonds. The van der Waals surface area contributed by atoms with Crippen molar-refractivity contribution >= 4 is 0 Å². The monoisotopic (exact) mass is 258 g/mol. The third-order valence-corrected chi connectivity index (χ3v) is 3.82. The molecule has 0 aliphatic carbocycles. The number of nitrogens with zero attached hydrogens (tertiary/aromatic N) is 4. The van der Waals surface area contributed by atoms with Gasteiger partial charge in [0.25, 0.3) is 0 Å². The Labute approximate surface area is 115 Å². The maximum Gasteiger partial charge on any atom is 0.145 e. The summed E-state index contributed by atoms with van der Waals surface area (Å²) in [7, 11) is 2.15. The van der Waals surface area contributed by atoms with Crippen molar-refractivity contribution in [3.05, 3.63) is 23.8 Å². The lowest BCUT2D eigenvalue weighted by molar-refractivity contribution is 0.248. The Hall–Kier alpha value is -1.47. The zero-order chi connectivity index (χ0) is 13.8. The van der Waals surface area contributed by atoms with Crippen molar-refractivity contribution in [3.63, 3.8) is 0 Å². The predicted octanol–water partition coefficient (Wildman–Crippen LogP) is 2.55. The molecule has 0 saturated carbocycles. The van der Waals surface area contributed by atoms with Gasteiger partial charge in [-0.05, 0) is 38.4 Å². The highest BCUT2D eigenvalue weighted by molar-refractivity contribution is 5.16. The van der Waals surface area contributed by atoms with Crippen LogP contribution < -0.4 is 0 Å². The largest absolute Gasteiger partial charge is 0.306 e. The number of piperidine rings is 1. The van der Waals surface area contributed by atoms with Crippen molar-refractivity contribution in [1.29, 1.82) is 5.26 Å². The molecule has 4 nitrogen and oxygen atoms in total. The molecule has 1 aromatic heterocycles. The van der Waals surface area contributed by atoms with Crippen molar-refractivity contribution in [2.75, 3.05) is 20.1 Å². The van der Waals surface area contributed by atoms with Gasteiger partial charge in [0.2, 0.25) is 0 Å². The van der Waals surface area contributed by atoms with E-state index >= 15 is 0 Å². The molecule has 1 saturated heterocycles. The zero-order valence-corrected chi connectivity index (χ0v) is 12.0. The van der Waals surface area contributed by atoms with Crippen molar-refractivity contribution in [3.8, 4) is 6.07 Å². The molecule has 2 unspecified atom stereocenters. The molecule has 2 atom stereocenters. The lowest BCUT2D eigenvalue weighted by Crippen LogP contribution is -2.31. The van der Waals surface area contributed by atoms with Crippen LogP contribution in [0.5, 0.6) is 0 Å². The van der Waals surface area contributed by atoms with Crippen LogP contribution in [-0.2, 0) is 0 Å². The summed E-state index contributed by atoms with van der Waals surface area (Å²) in [6.45, 7) is 6.30. The van der Waals surface area contributed by atoms with E-state index in [2.05, 4.69) is 28.0 Å². The minimum absolute atomic E-state index is 0.207. The Bertz CT molecular complexity index is 463. The van der Waals surface area contributed by atoms with E-state index in [1.807, 2.05) is 19.9 Å². The second-order valence-electron chi connectivity index (χ2n) is 5.79. The van der Waals surface area contributed by atoms with Gasteiger partial charge >= 0.3 is 0 Å². The second kappa shape index (κ2) is 6.12. The fourth-order valence-corrected chi connectivity index (χ4v) is 2.68. The second-order valence-corrected chi connectivity index (χ2v) is 5.79. The Morgan fingerprint density at radius 2 is 2.26 bits per heavy atom. The van der Waals surface area contributed by atoms with Gasteiger partial charge in [-0.3, -0.25) is 0 Å². The number of rotatable bonds is 3. The summed E-state index contributed by atoms with van der Waals surface area (Å²) in [5.74, 6) is 1.20. The molecule has 1 aliphatic heterocycles. The van der Waals surface area contributed by atoms with Gasteiger partial charge in [0, 0.05) is 24.4 Å². The summed E-state index contributed by atoms with van der Waals surface area (Å²) < 4.78 is 0. The molecule has 2 heterocycles. The summed E-state index contributed by atoms with van der Waals surface area (Å²) in [4.78, 5) is 11.3. The number of aromatic nitrogens is 2. The van der Waals surface area contributed by atoms with Crippen molar-refractivity contribution in [1.82, 2.24) is 14.9 Å². The quantitative estimate of drug-likeness (QED) is 0.836. The van der Waals surface area contributed by atoms with E-state index in [9.17, 15) is 5.26 Å². The van der Waals surface area contributed by atoms with Crippen LogP contribution in [0.15, 0.2) is 12.3 Å². The molecule has 102 valence electrons. The molecular weight excluding hydrogens is 236 g/mol. The summed E-state index contributed by atoms with van der Waals surface area (Å²) in [5, 5.41) is 9.25. The first-order chi connectivity index (χ1) is 9.11. The summed E-state index contributed by atoms with van der Waals surface area (Å²) in [5.41, 5.74) is 1.09. The van der Waals surface area contributed by atoms with E-state index in [0.717, 1.165) is 12.2 Å². The summed E-state index contributed by atoms with van der Waals surface area (Å²) in [6, 6.07) is 4.32. The molecule has 1 aromatic rings. The van der Waals surface area contributed by atoms with E-state index < -0.39 is 0 Å². The molecule has 4 heteroatoms. The predicted molar refractivity (Wildman–Crippen MR) is 74.7 cm³/mol. The average molecular weight is 258 g/mol. The van der Waals surface area contributed by atoms with Crippen LogP contribution in [0, 0.1) is 17.2 Å². The van der Waals surface area contributed by atoms with Crippen LogP contribution >= 0.6 is 0 Å². The first-order valence-electron chi connectivity index (χ1n) is 7.02. The van der Waals surface area contributed by atoms with Gasteiger partial charge in [-0.1, -0.05) is 13.8 Å². The minimum atomic E-state index is -0.207. The first-order valence-corrected chi connectivity index (χ1v) is 7.02. The Morgan fingerprint density at radius 1 is 1.47 bits per heavy atom. The molecule has 0 spiro atoms.